The van der Waals surface area contributed by atoms with Gasteiger partial charge >= 0.3 is 5.97 Å². The molecule has 0 unspecified atom stereocenters. The van der Waals surface area contributed by atoms with Crippen LogP contribution in [0.5, 0.6) is 23.0 Å². The van der Waals surface area contributed by atoms with Crippen LogP contribution < -0.4 is 14.2 Å². The summed E-state index contributed by atoms with van der Waals surface area (Å²) in [5.41, 5.74) is 7.13. The number of nitrogens with zero attached hydrogens (tertiary/aromatic N) is 1. The standard InChI is InChI=1S/C27H31NO6/c1-8-34-27(30)22-20(18-11-14(2)24(29)15(3)12-18)16(4)28-10-9-17-13-19(31-5)25(32-6)26(33-7)21(17)23(22)28/h11-13,29H,8-10H2,1-7H3. The second-order valence-corrected chi connectivity index (χ2v) is 8.44. The lowest BCUT2D eigenvalue weighted by Crippen LogP contribution is -2.16. The highest BCUT2D eigenvalue weighted by Gasteiger charge is 2.35. The second kappa shape index (κ2) is 8.97. The average molecular weight is 466 g/mol. The number of benzene rings is 2. The number of phenols is 1. The van der Waals surface area contributed by atoms with Crippen LogP contribution in [0.4, 0.5) is 0 Å². The molecule has 0 bridgehead atoms. The molecule has 0 amide bonds. The van der Waals surface area contributed by atoms with E-state index in [1.807, 2.05) is 39.0 Å². The molecule has 4 rings (SSSR count). The monoisotopic (exact) mass is 465 g/mol. The van der Waals surface area contributed by atoms with Crippen molar-refractivity contribution in [3.63, 3.8) is 0 Å². The lowest BCUT2D eigenvalue weighted by molar-refractivity contribution is 0.0528. The van der Waals surface area contributed by atoms with E-state index in [0.717, 1.165) is 51.2 Å². The zero-order valence-electron chi connectivity index (χ0n) is 20.8. The Kier molecular flexibility index (Phi) is 6.21. The van der Waals surface area contributed by atoms with Gasteiger partial charge in [0.15, 0.2) is 11.5 Å². The normalized spacial score (nSPS) is 12.1. The third-order valence-corrected chi connectivity index (χ3v) is 6.54. The fraction of sp³-hybridized carbons (Fsp3) is 0.370. The highest BCUT2D eigenvalue weighted by Crippen LogP contribution is 2.52. The van der Waals surface area contributed by atoms with Gasteiger partial charge in [-0.2, -0.15) is 0 Å². The first kappa shape index (κ1) is 23.5. The second-order valence-electron chi connectivity index (χ2n) is 8.44. The van der Waals surface area contributed by atoms with Crippen LogP contribution in [0.1, 0.15) is 39.7 Å². The van der Waals surface area contributed by atoms with Crippen LogP contribution in [-0.2, 0) is 17.7 Å². The largest absolute Gasteiger partial charge is 0.507 e. The number of fused-ring (bicyclic) bond motifs is 3. The minimum absolute atomic E-state index is 0.255. The van der Waals surface area contributed by atoms with Gasteiger partial charge in [-0.25, -0.2) is 4.79 Å². The molecule has 0 aliphatic carbocycles. The van der Waals surface area contributed by atoms with Crippen molar-refractivity contribution in [2.45, 2.75) is 40.7 Å². The highest BCUT2D eigenvalue weighted by atomic mass is 16.5. The first-order valence-electron chi connectivity index (χ1n) is 11.3. The lowest BCUT2D eigenvalue weighted by atomic mass is 9.91. The zero-order chi connectivity index (χ0) is 24.7. The Balaban J connectivity index is 2.13. The minimum atomic E-state index is -0.401. The van der Waals surface area contributed by atoms with E-state index in [0.29, 0.717) is 29.4 Å². The fourth-order valence-electron chi connectivity index (χ4n) is 5.03. The molecule has 2 aromatic carbocycles. The smallest absolute Gasteiger partial charge is 0.340 e. The SMILES string of the molecule is CCOC(=O)c1c(-c2cc(C)c(O)c(C)c2)c(C)n2c1-c1c(cc(OC)c(OC)c1OC)CC2. The molecule has 0 spiro atoms. The summed E-state index contributed by atoms with van der Waals surface area (Å²) in [6.45, 7) is 8.47. The van der Waals surface area contributed by atoms with Crippen molar-refractivity contribution >= 4 is 5.97 Å². The van der Waals surface area contributed by atoms with Crippen LogP contribution in [0, 0.1) is 20.8 Å². The van der Waals surface area contributed by atoms with Gasteiger partial charge in [0.2, 0.25) is 5.75 Å². The van der Waals surface area contributed by atoms with Crippen molar-refractivity contribution in [3.8, 4) is 45.4 Å². The number of phenolic OH excluding ortho intramolecular Hbond substituents is 1. The highest BCUT2D eigenvalue weighted by molar-refractivity contribution is 6.06. The maximum Gasteiger partial charge on any atom is 0.340 e. The summed E-state index contributed by atoms with van der Waals surface area (Å²) >= 11 is 0. The molecule has 1 aliphatic heterocycles. The Bertz CT molecular complexity index is 1260. The molecule has 1 aliphatic rings. The van der Waals surface area contributed by atoms with Gasteiger partial charge in [0.1, 0.15) is 5.75 Å². The van der Waals surface area contributed by atoms with Crippen LogP contribution in [0.2, 0.25) is 0 Å². The fourth-order valence-corrected chi connectivity index (χ4v) is 5.03. The van der Waals surface area contributed by atoms with Crippen LogP contribution in [0.3, 0.4) is 0 Å². The number of aryl methyl sites for hydroxylation is 3. The quantitative estimate of drug-likeness (QED) is 0.504. The first-order chi connectivity index (χ1) is 16.3. The van der Waals surface area contributed by atoms with Crippen molar-refractivity contribution in [1.82, 2.24) is 4.57 Å². The number of aromatic hydroxyl groups is 1. The summed E-state index contributed by atoms with van der Waals surface area (Å²) in [4.78, 5) is 13.5. The summed E-state index contributed by atoms with van der Waals surface area (Å²) in [6.07, 6.45) is 0.740. The van der Waals surface area contributed by atoms with Crippen molar-refractivity contribution in [1.29, 1.82) is 0 Å². The predicted octanol–water partition coefficient (Wildman–Crippen LogP) is 5.21. The molecule has 180 valence electrons. The topological polar surface area (TPSA) is 79.2 Å². The number of hydrogen-bond donors (Lipinski definition) is 1. The molecular formula is C27H31NO6. The van der Waals surface area contributed by atoms with Gasteiger partial charge in [-0.3, -0.25) is 0 Å². The summed E-state index contributed by atoms with van der Waals surface area (Å²) in [6, 6.07) is 5.77. The molecule has 1 N–H and O–H groups in total. The van der Waals surface area contributed by atoms with Gasteiger partial charge in [-0.05, 0) is 74.6 Å². The average Bonchev–Trinajstić information content (AvgIpc) is 3.13. The summed E-state index contributed by atoms with van der Waals surface area (Å²) in [7, 11) is 4.75. The Morgan fingerprint density at radius 2 is 1.62 bits per heavy atom. The van der Waals surface area contributed by atoms with E-state index in [2.05, 4.69) is 4.57 Å². The number of esters is 1. The summed E-state index contributed by atoms with van der Waals surface area (Å²) in [5, 5.41) is 10.3. The van der Waals surface area contributed by atoms with Gasteiger partial charge in [-0.1, -0.05) is 0 Å². The molecule has 0 saturated carbocycles. The molecule has 3 aromatic rings. The van der Waals surface area contributed by atoms with Crippen molar-refractivity contribution in [2.24, 2.45) is 0 Å². The molecule has 7 heteroatoms. The van der Waals surface area contributed by atoms with E-state index in [4.69, 9.17) is 18.9 Å². The van der Waals surface area contributed by atoms with E-state index >= 15 is 0 Å². The minimum Gasteiger partial charge on any atom is -0.507 e. The van der Waals surface area contributed by atoms with Gasteiger partial charge in [0.25, 0.3) is 0 Å². The van der Waals surface area contributed by atoms with Crippen molar-refractivity contribution in [3.05, 3.63) is 46.1 Å². The van der Waals surface area contributed by atoms with E-state index in [9.17, 15) is 9.90 Å². The van der Waals surface area contributed by atoms with Gasteiger partial charge in [0.05, 0.1) is 39.2 Å². The van der Waals surface area contributed by atoms with E-state index < -0.39 is 5.97 Å². The molecule has 34 heavy (non-hydrogen) atoms. The van der Waals surface area contributed by atoms with Crippen LogP contribution in [0.25, 0.3) is 22.4 Å². The maximum atomic E-state index is 13.5. The first-order valence-corrected chi connectivity index (χ1v) is 11.3. The number of methoxy groups -OCH3 is 3. The third kappa shape index (κ3) is 3.47. The van der Waals surface area contributed by atoms with Gasteiger partial charge in [0, 0.05) is 23.4 Å². The Labute approximate surface area is 199 Å². The van der Waals surface area contributed by atoms with Crippen LogP contribution >= 0.6 is 0 Å². The zero-order valence-corrected chi connectivity index (χ0v) is 20.8. The van der Waals surface area contributed by atoms with E-state index in [1.165, 1.54) is 0 Å². The van der Waals surface area contributed by atoms with Gasteiger partial charge in [-0.15, -0.1) is 0 Å². The van der Waals surface area contributed by atoms with Crippen molar-refractivity contribution < 1.29 is 28.8 Å². The van der Waals surface area contributed by atoms with Crippen LogP contribution in [0.15, 0.2) is 18.2 Å². The number of carbonyl (C=O) groups is 1. The molecule has 0 atom stereocenters. The lowest BCUT2D eigenvalue weighted by Gasteiger charge is -2.26. The Morgan fingerprint density at radius 3 is 2.18 bits per heavy atom. The molecular weight excluding hydrogens is 434 g/mol. The number of aromatic nitrogens is 1. The molecule has 2 heterocycles. The predicted molar refractivity (Wildman–Crippen MR) is 130 cm³/mol. The molecule has 7 nitrogen and oxygen atoms in total. The summed E-state index contributed by atoms with van der Waals surface area (Å²) < 4.78 is 24.7. The number of hydrogen-bond acceptors (Lipinski definition) is 6. The molecule has 0 saturated heterocycles. The number of carbonyl (C=O) groups excluding carboxylic acids is 1. The van der Waals surface area contributed by atoms with Crippen molar-refractivity contribution in [2.75, 3.05) is 27.9 Å². The molecule has 0 radical (unpaired) electrons. The Morgan fingerprint density at radius 1 is 0.971 bits per heavy atom. The van der Waals surface area contributed by atoms with E-state index in [-0.39, 0.29) is 12.4 Å². The third-order valence-electron chi connectivity index (χ3n) is 6.54. The Hall–Kier alpha value is -3.61. The maximum absolute atomic E-state index is 13.5. The van der Waals surface area contributed by atoms with E-state index in [1.54, 1.807) is 28.3 Å². The molecule has 0 fully saturated rings. The van der Waals surface area contributed by atoms with Crippen LogP contribution in [-0.4, -0.2) is 43.6 Å². The molecule has 1 aromatic heterocycles. The summed E-state index contributed by atoms with van der Waals surface area (Å²) in [5.74, 6) is 1.43. The van der Waals surface area contributed by atoms with Gasteiger partial charge < -0.3 is 28.6 Å². The number of ether oxygens (including phenoxy) is 4. The number of rotatable bonds is 6.